The van der Waals surface area contributed by atoms with Crippen LogP contribution in [0, 0.1) is 0 Å². The number of ether oxygens (including phenoxy) is 1. The number of nitrogens with zero attached hydrogens (tertiary/aromatic N) is 1. The molecule has 1 saturated carbocycles. The largest absolute Gasteiger partial charge is 0.475 e. The second kappa shape index (κ2) is 6.22. The number of nitrogens with one attached hydrogen (secondary N) is 1. The molecule has 1 aromatic heterocycles. The summed E-state index contributed by atoms with van der Waals surface area (Å²) in [6.07, 6.45) is 5.04. The topological polar surface area (TPSA) is 71.5 Å². The minimum Gasteiger partial charge on any atom is -0.475 e. The third kappa shape index (κ3) is 3.70. The molecular weight excluding hydrogens is 256 g/mol. The van der Waals surface area contributed by atoms with Crippen molar-refractivity contribution in [2.45, 2.75) is 51.2 Å². The lowest BCUT2D eigenvalue weighted by molar-refractivity contribution is -0.0300. The Balaban J connectivity index is 1.93. The standard InChI is InChI=1S/C15H22N2O3/c1-3-11(2)20-13-9-12(5-8-16-13)14(18)17-10-15(19)6-4-7-15/h5,8-9,11,19H,3-4,6-7,10H2,1-2H3,(H,17,18)/t11-/m0/s1. The Bertz CT molecular complexity index is 472. The van der Waals surface area contributed by atoms with Gasteiger partial charge >= 0.3 is 0 Å². The van der Waals surface area contributed by atoms with E-state index in [-0.39, 0.29) is 12.0 Å². The monoisotopic (exact) mass is 278 g/mol. The maximum atomic E-state index is 12.0. The zero-order chi connectivity index (χ0) is 14.6. The van der Waals surface area contributed by atoms with Crippen molar-refractivity contribution >= 4 is 5.91 Å². The smallest absolute Gasteiger partial charge is 0.251 e. The highest BCUT2D eigenvalue weighted by atomic mass is 16.5. The molecule has 2 N–H and O–H groups in total. The summed E-state index contributed by atoms with van der Waals surface area (Å²) >= 11 is 0. The fraction of sp³-hybridized carbons (Fsp3) is 0.600. The fourth-order valence-corrected chi connectivity index (χ4v) is 2.01. The van der Waals surface area contributed by atoms with Crippen LogP contribution in [0.2, 0.25) is 0 Å². The molecule has 0 radical (unpaired) electrons. The second-order valence-corrected chi connectivity index (χ2v) is 5.48. The number of hydrogen-bond acceptors (Lipinski definition) is 4. The van der Waals surface area contributed by atoms with E-state index < -0.39 is 5.60 Å². The molecule has 0 saturated heterocycles. The summed E-state index contributed by atoms with van der Waals surface area (Å²) in [5, 5.41) is 12.7. The molecule has 1 amide bonds. The molecule has 0 aromatic carbocycles. The van der Waals surface area contributed by atoms with Gasteiger partial charge in [0.1, 0.15) is 0 Å². The van der Waals surface area contributed by atoms with E-state index in [4.69, 9.17) is 4.74 Å². The van der Waals surface area contributed by atoms with Crippen molar-refractivity contribution in [3.63, 3.8) is 0 Å². The van der Waals surface area contributed by atoms with E-state index in [1.807, 2.05) is 13.8 Å². The first-order valence-electron chi connectivity index (χ1n) is 7.16. The molecule has 1 aromatic rings. The fourth-order valence-electron chi connectivity index (χ4n) is 2.01. The van der Waals surface area contributed by atoms with Crippen molar-refractivity contribution in [3.05, 3.63) is 23.9 Å². The maximum Gasteiger partial charge on any atom is 0.251 e. The van der Waals surface area contributed by atoms with Crippen molar-refractivity contribution in [3.8, 4) is 5.88 Å². The van der Waals surface area contributed by atoms with Crippen molar-refractivity contribution in [1.29, 1.82) is 0 Å². The number of rotatable bonds is 6. The van der Waals surface area contributed by atoms with Crippen LogP contribution in [0.5, 0.6) is 5.88 Å². The van der Waals surface area contributed by atoms with Gasteiger partial charge in [0.25, 0.3) is 5.91 Å². The van der Waals surface area contributed by atoms with Gasteiger partial charge in [0.05, 0.1) is 11.7 Å². The maximum absolute atomic E-state index is 12.0. The van der Waals surface area contributed by atoms with Gasteiger partial charge < -0.3 is 15.2 Å². The quantitative estimate of drug-likeness (QED) is 0.833. The van der Waals surface area contributed by atoms with Gasteiger partial charge in [-0.05, 0) is 38.7 Å². The molecule has 0 aliphatic heterocycles. The molecule has 1 fully saturated rings. The minimum atomic E-state index is -0.710. The van der Waals surface area contributed by atoms with Gasteiger partial charge in [-0.1, -0.05) is 6.92 Å². The molecule has 20 heavy (non-hydrogen) atoms. The Morgan fingerprint density at radius 1 is 1.60 bits per heavy atom. The molecule has 0 spiro atoms. The van der Waals surface area contributed by atoms with Crippen molar-refractivity contribution in [2.75, 3.05) is 6.54 Å². The molecular formula is C15H22N2O3. The Morgan fingerprint density at radius 3 is 2.95 bits per heavy atom. The van der Waals surface area contributed by atoms with Gasteiger partial charge in [-0.15, -0.1) is 0 Å². The normalized spacial score (nSPS) is 17.9. The highest BCUT2D eigenvalue weighted by molar-refractivity contribution is 5.94. The summed E-state index contributed by atoms with van der Waals surface area (Å²) in [5.41, 5.74) is -0.208. The summed E-state index contributed by atoms with van der Waals surface area (Å²) < 4.78 is 5.59. The number of hydrogen-bond donors (Lipinski definition) is 2. The zero-order valence-corrected chi connectivity index (χ0v) is 12.1. The molecule has 1 atom stereocenters. The summed E-state index contributed by atoms with van der Waals surface area (Å²) in [7, 11) is 0. The van der Waals surface area contributed by atoms with Crippen molar-refractivity contribution in [2.24, 2.45) is 0 Å². The highest BCUT2D eigenvalue weighted by Gasteiger charge is 2.34. The Hall–Kier alpha value is -1.62. The van der Waals surface area contributed by atoms with Crippen LogP contribution in [0.3, 0.4) is 0 Å². The molecule has 0 bridgehead atoms. The first kappa shape index (κ1) is 14.8. The van der Waals surface area contributed by atoms with Crippen LogP contribution in [0.25, 0.3) is 0 Å². The van der Waals surface area contributed by atoms with Gasteiger partial charge in [0.15, 0.2) is 0 Å². The lowest BCUT2D eigenvalue weighted by Crippen LogP contribution is -2.47. The molecule has 5 heteroatoms. The van der Waals surface area contributed by atoms with Crippen LogP contribution in [-0.2, 0) is 0 Å². The molecule has 2 rings (SSSR count). The number of pyridine rings is 1. The van der Waals surface area contributed by atoms with Crippen LogP contribution in [0.15, 0.2) is 18.3 Å². The Kier molecular flexibility index (Phi) is 4.60. The molecule has 5 nitrogen and oxygen atoms in total. The van der Waals surface area contributed by atoms with Gasteiger partial charge in [-0.25, -0.2) is 4.98 Å². The summed E-state index contributed by atoms with van der Waals surface area (Å²) in [5.74, 6) is 0.246. The van der Waals surface area contributed by atoms with Gasteiger partial charge in [-0.3, -0.25) is 4.79 Å². The van der Waals surface area contributed by atoms with Crippen LogP contribution in [0.4, 0.5) is 0 Å². The van der Waals surface area contributed by atoms with E-state index in [9.17, 15) is 9.90 Å². The van der Waals surface area contributed by atoms with E-state index in [0.29, 0.717) is 18.0 Å². The lowest BCUT2D eigenvalue weighted by atomic mass is 9.80. The minimum absolute atomic E-state index is 0.0662. The Labute approximate surface area is 119 Å². The second-order valence-electron chi connectivity index (χ2n) is 5.48. The first-order valence-corrected chi connectivity index (χ1v) is 7.16. The van der Waals surface area contributed by atoms with E-state index in [1.54, 1.807) is 18.3 Å². The number of carbonyl (C=O) groups excluding carboxylic acids is 1. The number of aliphatic hydroxyl groups is 1. The predicted molar refractivity (Wildman–Crippen MR) is 75.8 cm³/mol. The van der Waals surface area contributed by atoms with Crippen molar-refractivity contribution in [1.82, 2.24) is 10.3 Å². The summed E-state index contributed by atoms with van der Waals surface area (Å²) in [4.78, 5) is 16.1. The van der Waals surface area contributed by atoms with E-state index in [2.05, 4.69) is 10.3 Å². The van der Waals surface area contributed by atoms with Gasteiger partial charge in [-0.2, -0.15) is 0 Å². The number of carbonyl (C=O) groups is 1. The van der Waals surface area contributed by atoms with E-state index in [0.717, 1.165) is 25.7 Å². The summed E-state index contributed by atoms with van der Waals surface area (Å²) in [6, 6.07) is 3.27. The van der Waals surface area contributed by atoms with Crippen LogP contribution in [-0.4, -0.2) is 34.2 Å². The third-order valence-corrected chi connectivity index (χ3v) is 3.76. The number of aromatic nitrogens is 1. The van der Waals surface area contributed by atoms with E-state index in [1.165, 1.54) is 0 Å². The van der Waals surface area contributed by atoms with Crippen LogP contribution >= 0.6 is 0 Å². The average Bonchev–Trinajstić information content (AvgIpc) is 2.42. The van der Waals surface area contributed by atoms with E-state index >= 15 is 0 Å². The van der Waals surface area contributed by atoms with Crippen molar-refractivity contribution < 1.29 is 14.6 Å². The molecule has 0 unspecified atom stereocenters. The predicted octanol–water partition coefficient (Wildman–Crippen LogP) is 1.90. The Morgan fingerprint density at radius 2 is 2.35 bits per heavy atom. The SMILES string of the molecule is CC[C@H](C)Oc1cc(C(=O)NCC2(O)CCC2)ccn1. The first-order chi connectivity index (χ1) is 9.52. The lowest BCUT2D eigenvalue weighted by Gasteiger charge is -2.36. The van der Waals surface area contributed by atoms with Crippen LogP contribution < -0.4 is 10.1 Å². The third-order valence-electron chi connectivity index (χ3n) is 3.76. The highest BCUT2D eigenvalue weighted by Crippen LogP contribution is 2.30. The number of amides is 1. The average molecular weight is 278 g/mol. The molecule has 1 aliphatic rings. The molecule has 110 valence electrons. The molecule has 1 aliphatic carbocycles. The zero-order valence-electron chi connectivity index (χ0n) is 12.1. The van der Waals surface area contributed by atoms with Crippen LogP contribution in [0.1, 0.15) is 49.9 Å². The van der Waals surface area contributed by atoms with Gasteiger partial charge in [0, 0.05) is 24.4 Å². The van der Waals surface area contributed by atoms with Gasteiger partial charge in [0.2, 0.25) is 5.88 Å². The molecule has 1 heterocycles. The summed E-state index contributed by atoms with van der Waals surface area (Å²) in [6.45, 7) is 4.29.